The second kappa shape index (κ2) is 8.38. The van der Waals surface area contributed by atoms with Crippen molar-refractivity contribution in [2.75, 3.05) is 13.1 Å². The van der Waals surface area contributed by atoms with Gasteiger partial charge in [-0.1, -0.05) is 22.0 Å². The third kappa shape index (κ3) is 5.13. The van der Waals surface area contributed by atoms with E-state index in [1.165, 1.54) is 0 Å². The monoisotopic (exact) mass is 463 g/mol. The normalized spacial score (nSPS) is 17.6. The maximum absolute atomic E-state index is 13.4. The summed E-state index contributed by atoms with van der Waals surface area (Å²) in [5.41, 5.74) is 1.21. The molecule has 1 aliphatic rings. The summed E-state index contributed by atoms with van der Waals surface area (Å²) in [7, 11) is 0. The Balaban J connectivity index is 1.79. The van der Waals surface area contributed by atoms with Gasteiger partial charge in [-0.3, -0.25) is 4.79 Å². The number of likely N-dealkylation sites (tertiary alicyclic amines) is 1. The predicted molar refractivity (Wildman–Crippen MR) is 118 cm³/mol. The van der Waals surface area contributed by atoms with E-state index in [1.807, 2.05) is 44.0 Å². The van der Waals surface area contributed by atoms with Crippen molar-refractivity contribution < 1.29 is 14.3 Å². The number of aromatic nitrogens is 1. The van der Waals surface area contributed by atoms with Crippen molar-refractivity contribution in [3.63, 3.8) is 0 Å². The zero-order chi connectivity index (χ0) is 21.3. The maximum Gasteiger partial charge on any atom is 0.407 e. The van der Waals surface area contributed by atoms with Gasteiger partial charge in [0, 0.05) is 41.2 Å². The standard InChI is InChI=1S/C22H30BrN3O3/c1-14(2)26-13-18(17-9-8-15(23)11-19(17)26)20(27)25-10-6-7-16(12-25)24-21(28)29-22(3,4)5/h8-9,11,13-14,16H,6-7,10,12H2,1-5H3,(H,24,28)/t16-/m1/s1. The number of benzene rings is 1. The number of amides is 2. The molecule has 0 saturated carbocycles. The molecule has 0 unspecified atom stereocenters. The van der Waals surface area contributed by atoms with Crippen molar-refractivity contribution in [1.82, 2.24) is 14.8 Å². The summed E-state index contributed by atoms with van der Waals surface area (Å²) in [6, 6.07) is 6.15. The number of rotatable bonds is 3. The fourth-order valence-corrected chi connectivity index (χ4v) is 4.09. The molecule has 3 rings (SSSR count). The molecule has 6 nitrogen and oxygen atoms in total. The lowest BCUT2D eigenvalue weighted by atomic mass is 10.0. The van der Waals surface area contributed by atoms with Crippen LogP contribution in [0.3, 0.4) is 0 Å². The van der Waals surface area contributed by atoms with Gasteiger partial charge in [-0.25, -0.2) is 4.79 Å². The first-order chi connectivity index (χ1) is 13.5. The molecule has 0 aliphatic carbocycles. The van der Waals surface area contributed by atoms with E-state index in [0.29, 0.717) is 18.7 Å². The molecule has 2 amide bonds. The van der Waals surface area contributed by atoms with Crippen LogP contribution in [-0.4, -0.2) is 46.2 Å². The molecule has 2 aromatic rings. The largest absolute Gasteiger partial charge is 0.444 e. The molecule has 7 heteroatoms. The number of nitrogens with one attached hydrogen (secondary N) is 1. The number of nitrogens with zero attached hydrogens (tertiary/aromatic N) is 2. The Kier molecular flexibility index (Phi) is 6.27. The van der Waals surface area contributed by atoms with Crippen LogP contribution in [0.2, 0.25) is 0 Å². The minimum atomic E-state index is -0.540. The van der Waals surface area contributed by atoms with Crippen LogP contribution in [-0.2, 0) is 4.74 Å². The summed E-state index contributed by atoms with van der Waals surface area (Å²) in [6.07, 6.45) is 3.21. The number of carbonyl (C=O) groups excluding carboxylic acids is 2. The Bertz CT molecular complexity index is 914. The number of hydrogen-bond acceptors (Lipinski definition) is 3. The lowest BCUT2D eigenvalue weighted by Gasteiger charge is -2.33. The first-order valence-corrected chi connectivity index (χ1v) is 10.9. The highest BCUT2D eigenvalue weighted by molar-refractivity contribution is 9.10. The first kappa shape index (κ1) is 21.7. The minimum absolute atomic E-state index is 0.00686. The van der Waals surface area contributed by atoms with Gasteiger partial charge in [-0.15, -0.1) is 0 Å². The molecule has 158 valence electrons. The topological polar surface area (TPSA) is 63.6 Å². The molecule has 0 radical (unpaired) electrons. The zero-order valence-electron chi connectivity index (χ0n) is 17.8. The van der Waals surface area contributed by atoms with E-state index in [-0.39, 0.29) is 18.0 Å². The smallest absolute Gasteiger partial charge is 0.407 e. The maximum atomic E-state index is 13.4. The molecule has 1 fully saturated rings. The second-order valence-corrected chi connectivity index (χ2v) is 9.86. The number of fused-ring (bicyclic) bond motifs is 1. The van der Waals surface area contributed by atoms with Crippen molar-refractivity contribution in [1.29, 1.82) is 0 Å². The predicted octanol–water partition coefficient (Wildman–Crippen LogP) is 5.11. The van der Waals surface area contributed by atoms with Gasteiger partial charge in [0.15, 0.2) is 0 Å². The van der Waals surface area contributed by atoms with Crippen LogP contribution in [0.1, 0.15) is 63.9 Å². The van der Waals surface area contributed by atoms with Crippen LogP contribution in [0, 0.1) is 0 Å². The van der Waals surface area contributed by atoms with Crippen molar-refractivity contribution in [2.24, 2.45) is 0 Å². The van der Waals surface area contributed by atoms with Crippen LogP contribution in [0.4, 0.5) is 4.79 Å². The minimum Gasteiger partial charge on any atom is -0.444 e. The third-order valence-corrected chi connectivity index (χ3v) is 5.51. The van der Waals surface area contributed by atoms with Gasteiger partial charge in [0.05, 0.1) is 11.1 Å². The van der Waals surface area contributed by atoms with Crippen molar-refractivity contribution in [3.8, 4) is 0 Å². The summed E-state index contributed by atoms with van der Waals surface area (Å²) >= 11 is 3.53. The van der Waals surface area contributed by atoms with Gasteiger partial charge < -0.3 is 19.5 Å². The molecule has 1 aromatic carbocycles. The Morgan fingerprint density at radius 3 is 2.66 bits per heavy atom. The van der Waals surface area contributed by atoms with Crippen LogP contribution >= 0.6 is 15.9 Å². The fourth-order valence-electron chi connectivity index (χ4n) is 3.75. The van der Waals surface area contributed by atoms with Gasteiger partial charge in [0.1, 0.15) is 5.60 Å². The number of carbonyl (C=O) groups is 2. The Morgan fingerprint density at radius 1 is 1.28 bits per heavy atom. The summed E-state index contributed by atoms with van der Waals surface area (Å²) in [6.45, 7) is 10.9. The molecular weight excluding hydrogens is 434 g/mol. The molecule has 29 heavy (non-hydrogen) atoms. The molecule has 1 aromatic heterocycles. The van der Waals surface area contributed by atoms with Gasteiger partial charge in [-0.05, 0) is 59.6 Å². The van der Waals surface area contributed by atoms with E-state index in [4.69, 9.17) is 4.74 Å². The molecule has 2 heterocycles. The molecule has 0 spiro atoms. The van der Waals surface area contributed by atoms with Crippen LogP contribution in [0.15, 0.2) is 28.9 Å². The summed E-state index contributed by atoms with van der Waals surface area (Å²) < 4.78 is 8.48. The Labute approximate surface area is 180 Å². The molecule has 1 N–H and O–H groups in total. The van der Waals surface area contributed by atoms with Crippen molar-refractivity contribution >= 4 is 38.8 Å². The zero-order valence-corrected chi connectivity index (χ0v) is 19.4. The van der Waals surface area contributed by atoms with E-state index >= 15 is 0 Å². The highest BCUT2D eigenvalue weighted by atomic mass is 79.9. The SMILES string of the molecule is CC(C)n1cc(C(=O)N2CCC[C@@H](NC(=O)OC(C)(C)C)C2)c2ccc(Br)cc21. The molecular formula is C22H30BrN3O3. The van der Waals surface area contributed by atoms with E-state index in [9.17, 15) is 9.59 Å². The lowest BCUT2D eigenvalue weighted by Crippen LogP contribution is -2.50. The lowest BCUT2D eigenvalue weighted by molar-refractivity contribution is 0.0452. The third-order valence-electron chi connectivity index (χ3n) is 5.01. The number of halogens is 1. The van der Waals surface area contributed by atoms with Gasteiger partial charge in [0.2, 0.25) is 0 Å². The van der Waals surface area contributed by atoms with Crippen LogP contribution in [0.5, 0.6) is 0 Å². The number of piperidine rings is 1. The number of hydrogen-bond donors (Lipinski definition) is 1. The highest BCUT2D eigenvalue weighted by Crippen LogP contribution is 2.29. The average molecular weight is 464 g/mol. The van der Waals surface area contributed by atoms with Crippen molar-refractivity contribution in [3.05, 3.63) is 34.4 Å². The summed E-state index contributed by atoms with van der Waals surface area (Å²) in [5.74, 6) is 0.00686. The van der Waals surface area contributed by atoms with Gasteiger partial charge >= 0.3 is 6.09 Å². The number of ether oxygens (including phenoxy) is 1. The quantitative estimate of drug-likeness (QED) is 0.687. The molecule has 1 aliphatic heterocycles. The summed E-state index contributed by atoms with van der Waals surface area (Å²) in [5, 5.41) is 3.87. The molecule has 1 atom stereocenters. The van der Waals surface area contributed by atoms with Gasteiger partial charge in [-0.2, -0.15) is 0 Å². The van der Waals surface area contributed by atoms with Crippen LogP contribution in [0.25, 0.3) is 10.9 Å². The van der Waals surface area contributed by atoms with Crippen molar-refractivity contribution in [2.45, 2.75) is 65.1 Å². The average Bonchev–Trinajstić information content (AvgIpc) is 2.98. The Morgan fingerprint density at radius 2 is 2.00 bits per heavy atom. The highest BCUT2D eigenvalue weighted by Gasteiger charge is 2.29. The number of alkyl carbamates (subject to hydrolysis) is 1. The fraction of sp³-hybridized carbons (Fsp3) is 0.545. The molecule has 0 bridgehead atoms. The first-order valence-electron chi connectivity index (χ1n) is 10.1. The second-order valence-electron chi connectivity index (χ2n) is 8.94. The van der Waals surface area contributed by atoms with E-state index in [2.05, 4.69) is 45.7 Å². The Hall–Kier alpha value is -2.02. The van der Waals surface area contributed by atoms with Gasteiger partial charge in [0.25, 0.3) is 5.91 Å². The molecule has 1 saturated heterocycles. The van der Waals surface area contributed by atoms with E-state index < -0.39 is 11.7 Å². The van der Waals surface area contributed by atoms with E-state index in [0.717, 1.165) is 28.2 Å². The summed E-state index contributed by atoms with van der Waals surface area (Å²) in [4.78, 5) is 27.3. The van der Waals surface area contributed by atoms with Crippen LogP contribution < -0.4 is 5.32 Å². The van der Waals surface area contributed by atoms with E-state index in [1.54, 1.807) is 0 Å².